The van der Waals surface area contributed by atoms with Crippen LogP contribution in [0.5, 0.6) is 0 Å². The highest BCUT2D eigenvalue weighted by Crippen LogP contribution is 2.34. The largest absolute Gasteiger partial charge is 0.458 e. The van der Waals surface area contributed by atoms with Crippen LogP contribution in [0, 0.1) is 11.3 Å². The molecule has 1 saturated carbocycles. The van der Waals surface area contributed by atoms with Gasteiger partial charge in [0.25, 0.3) is 0 Å². The topological polar surface area (TPSA) is 77.9 Å². The number of ether oxygens (including phenoxy) is 1. The quantitative estimate of drug-likeness (QED) is 0.835. The molecule has 118 valence electrons. The van der Waals surface area contributed by atoms with Crippen LogP contribution in [0.25, 0.3) is 10.9 Å². The number of morpholine rings is 1. The molecule has 1 aromatic heterocycles. The molecule has 1 aromatic carbocycles. The van der Waals surface area contributed by atoms with Crippen molar-refractivity contribution in [3.8, 4) is 6.07 Å². The van der Waals surface area contributed by atoms with E-state index < -0.39 is 11.6 Å². The van der Waals surface area contributed by atoms with Crippen LogP contribution in [0.4, 0.5) is 0 Å². The van der Waals surface area contributed by atoms with Crippen molar-refractivity contribution in [2.75, 3.05) is 0 Å². The predicted molar refractivity (Wildman–Crippen MR) is 85.6 cm³/mol. The molecule has 2 N–H and O–H groups in total. The lowest BCUT2D eigenvalue weighted by atomic mass is 9.78. The molecule has 2 fully saturated rings. The maximum absolute atomic E-state index is 12.4. The van der Waals surface area contributed by atoms with E-state index in [9.17, 15) is 10.1 Å². The Kier molecular flexibility index (Phi) is 3.35. The summed E-state index contributed by atoms with van der Waals surface area (Å²) in [5, 5.41) is 14.1. The van der Waals surface area contributed by atoms with Gasteiger partial charge < -0.3 is 9.72 Å². The van der Waals surface area contributed by atoms with E-state index in [1.54, 1.807) is 0 Å². The Hall–Kier alpha value is -2.32. The van der Waals surface area contributed by atoms with Crippen molar-refractivity contribution in [1.82, 2.24) is 10.3 Å². The van der Waals surface area contributed by atoms with Gasteiger partial charge in [0.2, 0.25) is 0 Å². The number of hydrogen-bond acceptors (Lipinski definition) is 4. The first-order valence-electron chi connectivity index (χ1n) is 8.16. The van der Waals surface area contributed by atoms with Gasteiger partial charge in [-0.05, 0) is 30.9 Å². The van der Waals surface area contributed by atoms with Gasteiger partial charge in [-0.2, -0.15) is 5.26 Å². The van der Waals surface area contributed by atoms with E-state index in [2.05, 4.69) is 16.4 Å². The number of nitrogens with zero attached hydrogens (tertiary/aromatic N) is 1. The molecule has 4 rings (SSSR count). The average molecular weight is 309 g/mol. The van der Waals surface area contributed by atoms with Crippen LogP contribution in [0.2, 0.25) is 0 Å². The van der Waals surface area contributed by atoms with Gasteiger partial charge in [-0.25, -0.2) is 0 Å². The Labute approximate surface area is 134 Å². The van der Waals surface area contributed by atoms with Crippen LogP contribution < -0.4 is 5.32 Å². The lowest BCUT2D eigenvalue weighted by molar-refractivity contribution is -0.166. The van der Waals surface area contributed by atoms with Crippen molar-refractivity contribution in [2.45, 2.75) is 49.8 Å². The molecule has 0 radical (unpaired) electrons. The number of carbonyl (C=O) groups excluding carboxylic acids is 1. The summed E-state index contributed by atoms with van der Waals surface area (Å²) in [7, 11) is 0. The van der Waals surface area contributed by atoms with E-state index in [4.69, 9.17) is 4.74 Å². The van der Waals surface area contributed by atoms with Crippen LogP contribution in [0.15, 0.2) is 30.5 Å². The van der Waals surface area contributed by atoms with Crippen molar-refractivity contribution in [3.63, 3.8) is 0 Å². The monoisotopic (exact) mass is 309 g/mol. The molecule has 1 aliphatic carbocycles. The van der Waals surface area contributed by atoms with Crippen molar-refractivity contribution in [1.29, 1.82) is 5.26 Å². The van der Waals surface area contributed by atoms with E-state index in [1.807, 2.05) is 30.5 Å². The molecular formula is C18H19N3O2. The molecule has 1 aliphatic heterocycles. The molecule has 5 heteroatoms. The second-order valence-corrected chi connectivity index (χ2v) is 6.52. The van der Waals surface area contributed by atoms with Gasteiger partial charge >= 0.3 is 5.97 Å². The molecule has 2 heterocycles. The third-order valence-corrected chi connectivity index (χ3v) is 5.11. The van der Waals surface area contributed by atoms with Gasteiger partial charge in [0.15, 0.2) is 0 Å². The number of aromatic nitrogens is 1. The lowest BCUT2D eigenvalue weighted by Crippen LogP contribution is -2.66. The van der Waals surface area contributed by atoms with Gasteiger partial charge in [-0.3, -0.25) is 10.1 Å². The van der Waals surface area contributed by atoms with E-state index in [0.29, 0.717) is 6.42 Å². The molecule has 0 bridgehead atoms. The van der Waals surface area contributed by atoms with E-state index in [1.165, 1.54) is 0 Å². The third kappa shape index (κ3) is 2.30. The average Bonchev–Trinajstić information content (AvgIpc) is 2.99. The Morgan fingerprint density at radius 1 is 1.35 bits per heavy atom. The molecule has 5 nitrogen and oxygen atoms in total. The van der Waals surface area contributed by atoms with Gasteiger partial charge in [0.05, 0.1) is 6.07 Å². The summed E-state index contributed by atoms with van der Waals surface area (Å²) in [6, 6.07) is 9.94. The fourth-order valence-electron chi connectivity index (χ4n) is 3.87. The minimum absolute atomic E-state index is 0.243. The van der Waals surface area contributed by atoms with E-state index >= 15 is 0 Å². The third-order valence-electron chi connectivity index (χ3n) is 5.11. The van der Waals surface area contributed by atoms with E-state index in [0.717, 1.165) is 42.1 Å². The zero-order chi connectivity index (χ0) is 15.9. The molecule has 2 aromatic rings. The molecule has 0 spiro atoms. The highest BCUT2D eigenvalue weighted by molar-refractivity contribution is 5.85. The Bertz CT molecular complexity index is 791. The number of carbonyl (C=O) groups is 1. The normalized spacial score (nSPS) is 30.5. The maximum atomic E-state index is 12.4. The zero-order valence-corrected chi connectivity index (χ0v) is 12.8. The van der Waals surface area contributed by atoms with Crippen molar-refractivity contribution in [3.05, 3.63) is 36.0 Å². The molecule has 2 aliphatic rings. The number of fused-ring (bicyclic) bond motifs is 2. The van der Waals surface area contributed by atoms with E-state index in [-0.39, 0.29) is 12.1 Å². The molecule has 0 amide bonds. The first-order chi connectivity index (χ1) is 11.2. The van der Waals surface area contributed by atoms with Crippen LogP contribution in [-0.2, 0) is 16.0 Å². The van der Waals surface area contributed by atoms with Crippen molar-refractivity contribution in [2.24, 2.45) is 0 Å². The summed E-state index contributed by atoms with van der Waals surface area (Å²) >= 11 is 0. The number of aromatic amines is 1. The summed E-state index contributed by atoms with van der Waals surface area (Å²) in [4.78, 5) is 15.6. The number of rotatable bonds is 2. The number of nitriles is 1. The van der Waals surface area contributed by atoms with Crippen LogP contribution in [0.1, 0.15) is 31.2 Å². The summed E-state index contributed by atoms with van der Waals surface area (Å²) in [6.07, 6.45) is 5.67. The zero-order valence-electron chi connectivity index (χ0n) is 12.8. The SMILES string of the molecule is N#C[C@@]12CCCC[C@@H]1OC(=O)[C@H](Cc1c[nH]c3ccccc13)N2. The summed E-state index contributed by atoms with van der Waals surface area (Å²) < 4.78 is 5.62. The number of nitrogens with one attached hydrogen (secondary N) is 2. The molecular weight excluding hydrogens is 290 g/mol. The van der Waals surface area contributed by atoms with Crippen LogP contribution in [-0.4, -0.2) is 28.6 Å². The Morgan fingerprint density at radius 3 is 3.09 bits per heavy atom. The minimum Gasteiger partial charge on any atom is -0.458 e. The predicted octanol–water partition coefficient (Wildman–Crippen LogP) is 2.43. The smallest absolute Gasteiger partial charge is 0.323 e. The first kappa shape index (κ1) is 14.3. The standard InChI is InChI=1S/C18H19N3O2/c19-11-18-8-4-3-7-16(18)23-17(22)15(21-18)9-12-10-20-14-6-2-1-5-13(12)14/h1-2,5-6,10,15-16,20-21H,3-4,7-9H2/t15-,16-,18-/m0/s1. The second-order valence-electron chi connectivity index (χ2n) is 6.52. The molecule has 23 heavy (non-hydrogen) atoms. The molecule has 1 saturated heterocycles. The van der Waals surface area contributed by atoms with Gasteiger partial charge in [-0.15, -0.1) is 0 Å². The second kappa shape index (κ2) is 5.39. The lowest BCUT2D eigenvalue weighted by Gasteiger charge is -2.45. The first-order valence-corrected chi connectivity index (χ1v) is 8.16. The summed E-state index contributed by atoms with van der Waals surface area (Å²) in [6.45, 7) is 0. The number of benzene rings is 1. The highest BCUT2D eigenvalue weighted by atomic mass is 16.6. The molecule has 0 unspecified atom stereocenters. The number of H-pyrrole nitrogens is 1. The van der Waals surface area contributed by atoms with Gasteiger partial charge in [-0.1, -0.05) is 24.6 Å². The molecule has 3 atom stereocenters. The highest BCUT2D eigenvalue weighted by Gasteiger charge is 2.50. The fraction of sp³-hybridized carbons (Fsp3) is 0.444. The van der Waals surface area contributed by atoms with Gasteiger partial charge in [0, 0.05) is 23.5 Å². The minimum atomic E-state index is -0.719. The maximum Gasteiger partial charge on any atom is 0.323 e. The number of hydrogen-bond donors (Lipinski definition) is 2. The van der Waals surface area contributed by atoms with Crippen LogP contribution in [0.3, 0.4) is 0 Å². The van der Waals surface area contributed by atoms with Gasteiger partial charge in [0.1, 0.15) is 17.7 Å². The van der Waals surface area contributed by atoms with Crippen LogP contribution >= 0.6 is 0 Å². The number of para-hydroxylation sites is 1. The Morgan fingerprint density at radius 2 is 2.22 bits per heavy atom. The van der Waals surface area contributed by atoms with Crippen molar-refractivity contribution >= 4 is 16.9 Å². The Balaban J connectivity index is 1.61. The fourth-order valence-corrected chi connectivity index (χ4v) is 3.87. The van der Waals surface area contributed by atoms with Crippen molar-refractivity contribution < 1.29 is 9.53 Å². The number of esters is 1. The summed E-state index contributed by atoms with van der Waals surface area (Å²) in [5.41, 5.74) is 1.40. The summed E-state index contributed by atoms with van der Waals surface area (Å²) in [5.74, 6) is -0.243.